The van der Waals surface area contributed by atoms with E-state index in [9.17, 15) is 14.4 Å². The molecule has 0 saturated carbocycles. The van der Waals surface area contributed by atoms with Crippen molar-refractivity contribution < 1.29 is 14.4 Å². The molecule has 3 aromatic rings. The molecule has 0 aliphatic carbocycles. The number of amides is 3. The Morgan fingerprint density at radius 2 is 1.68 bits per heavy atom. The van der Waals surface area contributed by atoms with E-state index in [2.05, 4.69) is 11.4 Å². The molecule has 0 spiro atoms. The Morgan fingerprint density at radius 1 is 1.00 bits per heavy atom. The van der Waals surface area contributed by atoms with E-state index in [1.54, 1.807) is 29.0 Å². The van der Waals surface area contributed by atoms with Crippen LogP contribution in [-0.4, -0.2) is 65.8 Å². The van der Waals surface area contributed by atoms with E-state index < -0.39 is 18.1 Å². The van der Waals surface area contributed by atoms with Gasteiger partial charge in [0.1, 0.15) is 12.1 Å². The molecule has 1 fully saturated rings. The van der Waals surface area contributed by atoms with Crippen molar-refractivity contribution >= 4 is 40.1 Å². The standard InChI is InChI=1S/C29H33ClN4O3/c1-3-25-29(37)34(15-14-33(25)28(36)24(31)17-19-9-12-23(30)13-10-19)26(27(35)32-2)18-20-8-11-21-6-4-5-7-22(21)16-20/h4-13,16,24-26H,3,14-15,17-18,31H2,1-2H3,(H,32,35). The number of nitrogens with one attached hydrogen (secondary N) is 1. The van der Waals surface area contributed by atoms with Gasteiger partial charge in [-0.2, -0.15) is 0 Å². The molecule has 3 atom stereocenters. The van der Waals surface area contributed by atoms with E-state index >= 15 is 0 Å². The number of nitrogens with two attached hydrogens (primary N) is 1. The van der Waals surface area contributed by atoms with Crippen molar-refractivity contribution in [2.75, 3.05) is 20.1 Å². The summed E-state index contributed by atoms with van der Waals surface area (Å²) in [5.41, 5.74) is 8.15. The summed E-state index contributed by atoms with van der Waals surface area (Å²) >= 11 is 5.96. The SMILES string of the molecule is CCC1C(=O)N(C(Cc2ccc3ccccc3c2)C(=O)NC)CCN1C(=O)C(N)Cc1ccc(Cl)cc1. The molecule has 4 rings (SSSR count). The monoisotopic (exact) mass is 520 g/mol. The van der Waals surface area contributed by atoms with Crippen LogP contribution in [0.4, 0.5) is 0 Å². The third-order valence-electron chi connectivity index (χ3n) is 7.05. The maximum atomic E-state index is 13.7. The number of fused-ring (bicyclic) bond motifs is 1. The number of carbonyl (C=O) groups is 3. The molecule has 3 amide bonds. The zero-order chi connectivity index (χ0) is 26.5. The molecule has 1 aliphatic rings. The van der Waals surface area contributed by atoms with Crippen LogP contribution in [0.3, 0.4) is 0 Å². The van der Waals surface area contributed by atoms with Crippen LogP contribution in [0.1, 0.15) is 24.5 Å². The number of piperazine rings is 1. The molecule has 0 radical (unpaired) electrons. The average molecular weight is 521 g/mol. The van der Waals surface area contributed by atoms with E-state index in [0.717, 1.165) is 21.9 Å². The lowest BCUT2D eigenvalue weighted by Crippen LogP contribution is -2.65. The lowest BCUT2D eigenvalue weighted by molar-refractivity contribution is -0.156. The zero-order valence-electron chi connectivity index (χ0n) is 21.2. The van der Waals surface area contributed by atoms with E-state index in [1.165, 1.54) is 0 Å². The molecule has 3 aromatic carbocycles. The van der Waals surface area contributed by atoms with Crippen LogP contribution >= 0.6 is 11.6 Å². The summed E-state index contributed by atoms with van der Waals surface area (Å²) < 4.78 is 0. The summed E-state index contributed by atoms with van der Waals surface area (Å²) in [4.78, 5) is 43.1. The first-order valence-electron chi connectivity index (χ1n) is 12.6. The second-order valence-electron chi connectivity index (χ2n) is 9.44. The molecule has 7 nitrogen and oxygen atoms in total. The minimum absolute atomic E-state index is 0.226. The van der Waals surface area contributed by atoms with Crippen LogP contribution in [0, 0.1) is 0 Å². The van der Waals surface area contributed by atoms with Gasteiger partial charge in [-0.3, -0.25) is 14.4 Å². The van der Waals surface area contributed by atoms with Gasteiger partial charge in [0.05, 0.1) is 6.04 Å². The Bertz CT molecular complexity index is 1280. The van der Waals surface area contributed by atoms with E-state index in [-0.39, 0.29) is 24.3 Å². The molecule has 37 heavy (non-hydrogen) atoms. The van der Waals surface area contributed by atoms with Gasteiger partial charge in [0.2, 0.25) is 17.7 Å². The molecule has 3 unspecified atom stereocenters. The Kier molecular flexibility index (Phi) is 8.46. The first-order chi connectivity index (χ1) is 17.8. The molecule has 1 heterocycles. The highest BCUT2D eigenvalue weighted by molar-refractivity contribution is 6.30. The lowest BCUT2D eigenvalue weighted by atomic mass is 9.97. The minimum atomic E-state index is -0.776. The topological polar surface area (TPSA) is 95.7 Å². The highest BCUT2D eigenvalue weighted by atomic mass is 35.5. The van der Waals surface area contributed by atoms with Gasteiger partial charge in [-0.25, -0.2) is 0 Å². The molecule has 194 valence electrons. The Hall–Kier alpha value is -3.42. The third kappa shape index (κ3) is 5.95. The fourth-order valence-corrected chi connectivity index (χ4v) is 5.18. The number of hydrogen-bond donors (Lipinski definition) is 2. The van der Waals surface area contributed by atoms with Gasteiger partial charge in [-0.05, 0) is 46.9 Å². The number of carbonyl (C=O) groups excluding carboxylic acids is 3. The van der Waals surface area contributed by atoms with Crippen molar-refractivity contribution in [1.82, 2.24) is 15.1 Å². The summed E-state index contributed by atoms with van der Waals surface area (Å²) in [7, 11) is 1.58. The zero-order valence-corrected chi connectivity index (χ0v) is 21.9. The normalized spacial score (nSPS) is 17.5. The highest BCUT2D eigenvalue weighted by Crippen LogP contribution is 2.23. The number of benzene rings is 3. The molecule has 0 bridgehead atoms. The Labute approximate surface area is 222 Å². The molecule has 3 N–H and O–H groups in total. The summed E-state index contributed by atoms with van der Waals surface area (Å²) in [5, 5.41) is 5.53. The van der Waals surface area contributed by atoms with Crippen LogP contribution in [0.5, 0.6) is 0 Å². The van der Waals surface area contributed by atoms with Crippen molar-refractivity contribution in [3.63, 3.8) is 0 Å². The fraction of sp³-hybridized carbons (Fsp3) is 0.345. The summed E-state index contributed by atoms with van der Waals surface area (Å²) in [5.74, 6) is -0.716. The highest BCUT2D eigenvalue weighted by Gasteiger charge is 2.41. The number of rotatable bonds is 8. The predicted octanol–water partition coefficient (Wildman–Crippen LogP) is 3.17. The van der Waals surface area contributed by atoms with Crippen LogP contribution in [0.15, 0.2) is 66.7 Å². The fourth-order valence-electron chi connectivity index (χ4n) is 5.05. The number of nitrogens with zero attached hydrogens (tertiary/aromatic N) is 2. The molecule has 0 aromatic heterocycles. The smallest absolute Gasteiger partial charge is 0.246 e. The van der Waals surface area contributed by atoms with Crippen molar-refractivity contribution in [3.8, 4) is 0 Å². The van der Waals surface area contributed by atoms with E-state index in [1.807, 2.05) is 55.5 Å². The van der Waals surface area contributed by atoms with Crippen LogP contribution in [0.25, 0.3) is 10.8 Å². The van der Waals surface area contributed by atoms with Crippen LogP contribution < -0.4 is 11.1 Å². The summed E-state index contributed by atoms with van der Waals surface area (Å²) in [6, 6.07) is 19.2. The Balaban J connectivity index is 1.51. The lowest BCUT2D eigenvalue weighted by Gasteiger charge is -2.43. The first-order valence-corrected chi connectivity index (χ1v) is 13.0. The molecule has 1 saturated heterocycles. The summed E-state index contributed by atoms with van der Waals surface area (Å²) in [6.45, 7) is 2.46. The molecule has 1 aliphatic heterocycles. The molecular formula is C29H33ClN4O3. The van der Waals surface area contributed by atoms with E-state index in [0.29, 0.717) is 30.8 Å². The maximum absolute atomic E-state index is 13.7. The minimum Gasteiger partial charge on any atom is -0.357 e. The number of likely N-dealkylation sites (N-methyl/N-ethyl adjacent to an activating group) is 1. The van der Waals surface area contributed by atoms with E-state index in [4.69, 9.17) is 17.3 Å². The van der Waals surface area contributed by atoms with Gasteiger partial charge in [0, 0.05) is 31.6 Å². The largest absolute Gasteiger partial charge is 0.357 e. The van der Waals surface area contributed by atoms with Crippen molar-refractivity contribution in [1.29, 1.82) is 0 Å². The van der Waals surface area contributed by atoms with Crippen molar-refractivity contribution in [2.24, 2.45) is 5.73 Å². The van der Waals surface area contributed by atoms with Gasteiger partial charge in [0.15, 0.2) is 0 Å². The van der Waals surface area contributed by atoms with Crippen molar-refractivity contribution in [3.05, 3.63) is 82.9 Å². The van der Waals surface area contributed by atoms with Gasteiger partial charge in [-0.1, -0.05) is 73.1 Å². The molecule has 8 heteroatoms. The third-order valence-corrected chi connectivity index (χ3v) is 7.30. The maximum Gasteiger partial charge on any atom is 0.246 e. The van der Waals surface area contributed by atoms with Crippen molar-refractivity contribution in [2.45, 2.75) is 44.3 Å². The van der Waals surface area contributed by atoms with Crippen LogP contribution in [-0.2, 0) is 27.2 Å². The second-order valence-corrected chi connectivity index (χ2v) is 9.88. The van der Waals surface area contributed by atoms with Crippen LogP contribution in [0.2, 0.25) is 5.02 Å². The quantitative estimate of drug-likeness (QED) is 0.477. The predicted molar refractivity (Wildman–Crippen MR) is 146 cm³/mol. The summed E-state index contributed by atoms with van der Waals surface area (Å²) in [6.07, 6.45) is 1.17. The van der Waals surface area contributed by atoms with Gasteiger partial charge >= 0.3 is 0 Å². The van der Waals surface area contributed by atoms with Gasteiger partial charge in [-0.15, -0.1) is 0 Å². The molecular weight excluding hydrogens is 488 g/mol. The average Bonchev–Trinajstić information content (AvgIpc) is 2.92. The Morgan fingerprint density at radius 3 is 2.35 bits per heavy atom. The van der Waals surface area contributed by atoms with Gasteiger partial charge in [0.25, 0.3) is 0 Å². The second kappa shape index (κ2) is 11.8. The number of halogens is 1. The van der Waals surface area contributed by atoms with Gasteiger partial charge < -0.3 is 20.9 Å². The first kappa shape index (κ1) is 26.6. The number of hydrogen-bond acceptors (Lipinski definition) is 4.